The van der Waals surface area contributed by atoms with Gasteiger partial charge in [0.05, 0.1) is 5.56 Å². The molecule has 6 heteroatoms. The second-order valence-electron chi connectivity index (χ2n) is 8.74. The molecular formula is C27H27NO5. The van der Waals surface area contributed by atoms with E-state index in [0.29, 0.717) is 0 Å². The lowest BCUT2D eigenvalue weighted by atomic mass is 9.98. The lowest BCUT2D eigenvalue weighted by Crippen LogP contribution is -2.45. The molecule has 1 aliphatic carbocycles. The van der Waals surface area contributed by atoms with Gasteiger partial charge in [0.25, 0.3) is 0 Å². The van der Waals surface area contributed by atoms with Gasteiger partial charge in [-0.25, -0.2) is 9.59 Å². The lowest BCUT2D eigenvalue weighted by molar-refractivity contribution is -0.151. The number of carboxylic acids is 2. The minimum atomic E-state index is -0.999. The van der Waals surface area contributed by atoms with Gasteiger partial charge in [0.2, 0.25) is 5.91 Å². The molecule has 0 spiro atoms. The normalized spacial score (nSPS) is 14.8. The standard InChI is InChI=1S/C27H27NO5/c1-17(26(30)31)28(25(29)20-4-2-3-5-20)16-18-6-7-24-15-23(13-12-22(24)14-18)19-8-10-21(11-9-19)27(32)33/h6-15,17,20H,2-5,16H2,1H3,(H,30,31)(H,32,33). The molecule has 0 aromatic heterocycles. The molecule has 0 aliphatic heterocycles. The zero-order valence-electron chi connectivity index (χ0n) is 18.5. The number of carbonyl (C=O) groups excluding carboxylic acids is 1. The van der Waals surface area contributed by atoms with Gasteiger partial charge in [-0.05, 0) is 71.5 Å². The molecule has 0 radical (unpaired) electrons. The lowest BCUT2D eigenvalue weighted by Gasteiger charge is -2.29. The highest BCUT2D eigenvalue weighted by atomic mass is 16.4. The van der Waals surface area contributed by atoms with Crippen LogP contribution in [0.25, 0.3) is 21.9 Å². The molecule has 1 saturated carbocycles. The molecule has 1 amide bonds. The molecule has 3 aromatic carbocycles. The summed E-state index contributed by atoms with van der Waals surface area (Å²) in [6, 6.07) is 17.8. The number of benzene rings is 3. The highest BCUT2D eigenvalue weighted by molar-refractivity contribution is 5.90. The topological polar surface area (TPSA) is 94.9 Å². The van der Waals surface area contributed by atoms with Crippen molar-refractivity contribution in [2.75, 3.05) is 0 Å². The third kappa shape index (κ3) is 4.90. The third-order valence-corrected chi connectivity index (χ3v) is 6.54. The summed E-state index contributed by atoms with van der Waals surface area (Å²) in [5.74, 6) is -2.10. The first-order chi connectivity index (χ1) is 15.8. The Morgan fingerprint density at radius 1 is 0.879 bits per heavy atom. The summed E-state index contributed by atoms with van der Waals surface area (Å²) in [4.78, 5) is 37.3. The van der Waals surface area contributed by atoms with Gasteiger partial charge in [-0.3, -0.25) is 4.79 Å². The largest absolute Gasteiger partial charge is 0.480 e. The van der Waals surface area contributed by atoms with E-state index in [-0.39, 0.29) is 23.9 Å². The average molecular weight is 446 g/mol. The average Bonchev–Trinajstić information content (AvgIpc) is 3.36. The first-order valence-electron chi connectivity index (χ1n) is 11.2. The van der Waals surface area contributed by atoms with Crippen LogP contribution in [-0.4, -0.2) is 39.0 Å². The number of aromatic carboxylic acids is 1. The van der Waals surface area contributed by atoms with Gasteiger partial charge >= 0.3 is 11.9 Å². The van der Waals surface area contributed by atoms with Crippen LogP contribution < -0.4 is 0 Å². The van der Waals surface area contributed by atoms with Crippen LogP contribution >= 0.6 is 0 Å². The van der Waals surface area contributed by atoms with E-state index in [9.17, 15) is 19.5 Å². The van der Waals surface area contributed by atoms with Crippen LogP contribution in [0.5, 0.6) is 0 Å². The Morgan fingerprint density at radius 3 is 2.12 bits per heavy atom. The molecule has 1 unspecified atom stereocenters. The van der Waals surface area contributed by atoms with Crippen molar-refractivity contribution in [3.63, 3.8) is 0 Å². The Kier molecular flexibility index (Phi) is 6.45. The molecule has 1 aliphatic rings. The van der Waals surface area contributed by atoms with Crippen molar-refractivity contribution in [1.29, 1.82) is 0 Å². The Bertz CT molecular complexity index is 1190. The van der Waals surface area contributed by atoms with Crippen molar-refractivity contribution >= 4 is 28.6 Å². The minimum Gasteiger partial charge on any atom is -0.480 e. The summed E-state index contributed by atoms with van der Waals surface area (Å²) in [5, 5.41) is 20.6. The highest BCUT2D eigenvalue weighted by Crippen LogP contribution is 2.29. The van der Waals surface area contributed by atoms with E-state index in [4.69, 9.17) is 5.11 Å². The van der Waals surface area contributed by atoms with Gasteiger partial charge in [0.1, 0.15) is 6.04 Å². The smallest absolute Gasteiger partial charge is 0.335 e. The van der Waals surface area contributed by atoms with Crippen LogP contribution in [0.1, 0.15) is 48.5 Å². The van der Waals surface area contributed by atoms with Crippen LogP contribution in [0.2, 0.25) is 0 Å². The molecule has 1 fully saturated rings. The quantitative estimate of drug-likeness (QED) is 0.521. The molecule has 4 rings (SSSR count). The van der Waals surface area contributed by atoms with Crippen molar-refractivity contribution in [2.24, 2.45) is 5.92 Å². The molecule has 2 N–H and O–H groups in total. The van der Waals surface area contributed by atoms with E-state index < -0.39 is 18.0 Å². The number of amides is 1. The molecule has 0 heterocycles. The van der Waals surface area contributed by atoms with Crippen LogP contribution in [0.15, 0.2) is 60.7 Å². The molecule has 1 atom stereocenters. The summed E-state index contributed by atoms with van der Waals surface area (Å²) >= 11 is 0. The van der Waals surface area contributed by atoms with Gasteiger partial charge in [0.15, 0.2) is 0 Å². The number of fused-ring (bicyclic) bond motifs is 1. The van der Waals surface area contributed by atoms with E-state index in [1.54, 1.807) is 31.2 Å². The van der Waals surface area contributed by atoms with Crippen molar-refractivity contribution in [3.05, 3.63) is 71.8 Å². The van der Waals surface area contributed by atoms with Gasteiger partial charge in [-0.2, -0.15) is 0 Å². The fourth-order valence-electron chi connectivity index (χ4n) is 4.52. The van der Waals surface area contributed by atoms with Crippen molar-refractivity contribution < 1.29 is 24.6 Å². The molecule has 0 bridgehead atoms. The number of carbonyl (C=O) groups is 3. The third-order valence-electron chi connectivity index (χ3n) is 6.54. The molecule has 170 valence electrons. The van der Waals surface area contributed by atoms with E-state index >= 15 is 0 Å². The van der Waals surface area contributed by atoms with Gasteiger partial charge in [-0.1, -0.05) is 49.2 Å². The van der Waals surface area contributed by atoms with Crippen molar-refractivity contribution in [1.82, 2.24) is 4.90 Å². The molecule has 3 aromatic rings. The van der Waals surface area contributed by atoms with Crippen LogP contribution in [0, 0.1) is 5.92 Å². The zero-order valence-corrected chi connectivity index (χ0v) is 18.5. The number of carboxylic acid groups (broad SMARTS) is 2. The second kappa shape index (κ2) is 9.45. The Labute approximate surface area is 192 Å². The number of rotatable bonds is 7. The van der Waals surface area contributed by atoms with E-state index in [1.165, 1.54) is 4.90 Å². The summed E-state index contributed by atoms with van der Waals surface area (Å²) < 4.78 is 0. The predicted octanol–water partition coefficient (Wildman–Crippen LogP) is 5.20. The SMILES string of the molecule is CC(C(=O)O)N(Cc1ccc2cc(-c3ccc(C(=O)O)cc3)ccc2c1)C(=O)C1CCCC1. The van der Waals surface area contributed by atoms with E-state index in [1.807, 2.05) is 36.4 Å². The maximum atomic E-state index is 13.1. The fourth-order valence-corrected chi connectivity index (χ4v) is 4.52. The minimum absolute atomic E-state index is 0.0670. The Balaban J connectivity index is 1.58. The van der Waals surface area contributed by atoms with Gasteiger partial charge in [-0.15, -0.1) is 0 Å². The van der Waals surface area contributed by atoms with Crippen LogP contribution in [0.3, 0.4) is 0 Å². The molecule has 33 heavy (non-hydrogen) atoms. The maximum absolute atomic E-state index is 13.1. The fraction of sp³-hybridized carbons (Fsp3) is 0.296. The number of aliphatic carboxylic acids is 1. The van der Waals surface area contributed by atoms with Crippen molar-refractivity contribution in [3.8, 4) is 11.1 Å². The summed E-state index contributed by atoms with van der Waals surface area (Å²) in [5.41, 5.74) is 3.04. The molecule has 0 saturated heterocycles. The Hall–Kier alpha value is -3.67. The Morgan fingerprint density at radius 2 is 1.48 bits per heavy atom. The maximum Gasteiger partial charge on any atom is 0.335 e. The van der Waals surface area contributed by atoms with Gasteiger partial charge in [0, 0.05) is 12.5 Å². The van der Waals surface area contributed by atoms with E-state index in [2.05, 4.69) is 0 Å². The van der Waals surface area contributed by atoms with Crippen LogP contribution in [-0.2, 0) is 16.1 Å². The predicted molar refractivity (Wildman–Crippen MR) is 126 cm³/mol. The monoisotopic (exact) mass is 445 g/mol. The summed E-state index contributed by atoms with van der Waals surface area (Å²) in [6.45, 7) is 1.83. The number of nitrogens with zero attached hydrogens (tertiary/aromatic N) is 1. The first kappa shape index (κ1) is 22.5. The van der Waals surface area contributed by atoms with Gasteiger partial charge < -0.3 is 15.1 Å². The number of hydrogen-bond acceptors (Lipinski definition) is 3. The summed E-state index contributed by atoms with van der Waals surface area (Å²) in [6.07, 6.45) is 3.69. The van der Waals surface area contributed by atoms with Crippen molar-refractivity contribution in [2.45, 2.75) is 45.2 Å². The highest BCUT2D eigenvalue weighted by Gasteiger charge is 2.32. The van der Waals surface area contributed by atoms with E-state index in [0.717, 1.165) is 53.1 Å². The summed E-state index contributed by atoms with van der Waals surface area (Å²) in [7, 11) is 0. The first-order valence-corrected chi connectivity index (χ1v) is 11.2. The molecule has 6 nitrogen and oxygen atoms in total. The zero-order chi connectivity index (χ0) is 23.5. The molecular weight excluding hydrogens is 418 g/mol. The second-order valence-corrected chi connectivity index (χ2v) is 8.74. The van der Waals surface area contributed by atoms with Crippen LogP contribution in [0.4, 0.5) is 0 Å². The number of hydrogen-bond donors (Lipinski definition) is 2.